The van der Waals surface area contributed by atoms with Gasteiger partial charge < -0.3 is 14.3 Å². The van der Waals surface area contributed by atoms with Gasteiger partial charge in [0, 0.05) is 23.2 Å². The standard InChI is InChI=1S/C24H25N3O2S/c1-3-4-12-25-23(28)20-14-22(27(17(20)2)15-19-11-8-13-29-19)21-16-30-24(26-21)18-9-6-5-7-10-18/h5-11,13-14,16H,3-4,12,15H2,1-2H3,(H,25,28). The van der Waals surface area contributed by atoms with E-state index >= 15 is 0 Å². The number of rotatable bonds is 8. The highest BCUT2D eigenvalue weighted by Crippen LogP contribution is 2.32. The van der Waals surface area contributed by atoms with E-state index in [0.29, 0.717) is 18.7 Å². The molecule has 4 aromatic rings. The maximum absolute atomic E-state index is 12.8. The van der Waals surface area contributed by atoms with Crippen molar-refractivity contribution in [3.63, 3.8) is 0 Å². The van der Waals surface area contributed by atoms with Gasteiger partial charge in [-0.2, -0.15) is 0 Å². The summed E-state index contributed by atoms with van der Waals surface area (Å²) >= 11 is 1.61. The molecule has 0 saturated heterocycles. The van der Waals surface area contributed by atoms with E-state index in [9.17, 15) is 4.79 Å². The third kappa shape index (κ3) is 4.24. The normalized spacial score (nSPS) is 11.0. The Balaban J connectivity index is 1.71. The second-order valence-corrected chi connectivity index (χ2v) is 8.07. The Labute approximate surface area is 180 Å². The summed E-state index contributed by atoms with van der Waals surface area (Å²) in [7, 11) is 0. The molecule has 3 aromatic heterocycles. The Morgan fingerprint density at radius 2 is 2.03 bits per heavy atom. The van der Waals surface area contributed by atoms with Crippen molar-refractivity contribution in [2.24, 2.45) is 0 Å². The molecular weight excluding hydrogens is 394 g/mol. The maximum Gasteiger partial charge on any atom is 0.253 e. The van der Waals surface area contributed by atoms with Crippen LogP contribution in [-0.4, -0.2) is 22.0 Å². The average molecular weight is 420 g/mol. The Bertz CT molecular complexity index is 1110. The summed E-state index contributed by atoms with van der Waals surface area (Å²) in [4.78, 5) is 17.7. The molecule has 0 atom stereocenters. The van der Waals surface area contributed by atoms with Crippen molar-refractivity contribution in [2.45, 2.75) is 33.2 Å². The third-order valence-corrected chi connectivity index (χ3v) is 6.00. The Morgan fingerprint density at radius 1 is 1.20 bits per heavy atom. The van der Waals surface area contributed by atoms with Crippen LogP contribution in [0.4, 0.5) is 0 Å². The number of nitrogens with one attached hydrogen (secondary N) is 1. The molecule has 0 radical (unpaired) electrons. The van der Waals surface area contributed by atoms with Gasteiger partial charge in [-0.3, -0.25) is 4.79 Å². The fraction of sp³-hybridized carbons (Fsp3) is 0.250. The highest BCUT2D eigenvalue weighted by Gasteiger charge is 2.21. The number of hydrogen-bond donors (Lipinski definition) is 1. The fourth-order valence-corrected chi connectivity index (χ4v) is 4.25. The van der Waals surface area contributed by atoms with E-state index in [4.69, 9.17) is 9.40 Å². The van der Waals surface area contributed by atoms with Gasteiger partial charge in [-0.05, 0) is 31.5 Å². The van der Waals surface area contributed by atoms with Crippen LogP contribution in [0.15, 0.2) is 64.6 Å². The van der Waals surface area contributed by atoms with Gasteiger partial charge in [-0.25, -0.2) is 4.98 Å². The van der Waals surface area contributed by atoms with Gasteiger partial charge in [-0.15, -0.1) is 11.3 Å². The van der Waals surface area contributed by atoms with E-state index in [1.807, 2.05) is 43.3 Å². The van der Waals surface area contributed by atoms with Crippen LogP contribution < -0.4 is 5.32 Å². The lowest BCUT2D eigenvalue weighted by Crippen LogP contribution is -2.24. The van der Waals surface area contributed by atoms with Crippen molar-refractivity contribution in [2.75, 3.05) is 6.54 Å². The number of nitrogens with zero attached hydrogens (tertiary/aromatic N) is 2. The van der Waals surface area contributed by atoms with Gasteiger partial charge in [0.05, 0.1) is 29.8 Å². The van der Waals surface area contributed by atoms with Gasteiger partial charge in [0.25, 0.3) is 5.91 Å². The third-order valence-electron chi connectivity index (χ3n) is 5.11. The van der Waals surface area contributed by atoms with Crippen LogP contribution in [0, 0.1) is 6.92 Å². The molecule has 0 fully saturated rings. The van der Waals surface area contributed by atoms with Gasteiger partial charge in [0.15, 0.2) is 0 Å². The highest BCUT2D eigenvalue weighted by molar-refractivity contribution is 7.13. The number of amides is 1. The van der Waals surface area contributed by atoms with Crippen LogP contribution in [0.3, 0.4) is 0 Å². The lowest BCUT2D eigenvalue weighted by molar-refractivity contribution is 0.0952. The molecule has 6 heteroatoms. The smallest absolute Gasteiger partial charge is 0.253 e. The van der Waals surface area contributed by atoms with Gasteiger partial charge in [0.2, 0.25) is 0 Å². The predicted molar refractivity (Wildman–Crippen MR) is 121 cm³/mol. The van der Waals surface area contributed by atoms with Crippen molar-refractivity contribution < 1.29 is 9.21 Å². The minimum atomic E-state index is -0.0427. The maximum atomic E-state index is 12.8. The molecule has 0 unspecified atom stereocenters. The number of benzene rings is 1. The van der Waals surface area contributed by atoms with E-state index in [1.54, 1.807) is 17.6 Å². The predicted octanol–water partition coefficient (Wildman–Crippen LogP) is 5.76. The molecule has 30 heavy (non-hydrogen) atoms. The van der Waals surface area contributed by atoms with E-state index < -0.39 is 0 Å². The van der Waals surface area contributed by atoms with Crippen LogP contribution in [0.25, 0.3) is 22.0 Å². The molecule has 3 heterocycles. The van der Waals surface area contributed by atoms with E-state index in [1.165, 1.54) is 0 Å². The number of furan rings is 1. The molecule has 0 aliphatic carbocycles. The van der Waals surface area contributed by atoms with E-state index in [2.05, 4.69) is 34.3 Å². The molecule has 0 spiro atoms. The molecule has 1 N–H and O–H groups in total. The molecular formula is C24H25N3O2S. The summed E-state index contributed by atoms with van der Waals surface area (Å²) in [6.45, 7) is 5.32. The van der Waals surface area contributed by atoms with Crippen LogP contribution >= 0.6 is 11.3 Å². The zero-order chi connectivity index (χ0) is 20.9. The largest absolute Gasteiger partial charge is 0.467 e. The molecule has 154 valence electrons. The topological polar surface area (TPSA) is 60.1 Å². The summed E-state index contributed by atoms with van der Waals surface area (Å²) in [5.41, 5.74) is 4.46. The molecule has 0 saturated carbocycles. The summed E-state index contributed by atoms with van der Waals surface area (Å²) in [5, 5.41) is 6.04. The average Bonchev–Trinajstić information content (AvgIpc) is 3.51. The van der Waals surface area contributed by atoms with E-state index in [0.717, 1.165) is 46.3 Å². The van der Waals surface area contributed by atoms with Crippen molar-refractivity contribution >= 4 is 17.2 Å². The Morgan fingerprint density at radius 3 is 2.77 bits per heavy atom. The number of hydrogen-bond acceptors (Lipinski definition) is 4. The number of carbonyl (C=O) groups is 1. The zero-order valence-corrected chi connectivity index (χ0v) is 18.0. The molecule has 0 bridgehead atoms. The fourth-order valence-electron chi connectivity index (χ4n) is 3.43. The van der Waals surface area contributed by atoms with Crippen molar-refractivity contribution in [3.05, 3.63) is 77.2 Å². The van der Waals surface area contributed by atoms with Crippen LogP contribution in [-0.2, 0) is 6.54 Å². The van der Waals surface area contributed by atoms with Crippen molar-refractivity contribution in [3.8, 4) is 22.0 Å². The first-order valence-corrected chi connectivity index (χ1v) is 11.1. The molecule has 1 amide bonds. The number of aromatic nitrogens is 2. The van der Waals surface area contributed by atoms with Crippen molar-refractivity contribution in [1.29, 1.82) is 0 Å². The Kier molecular flexibility index (Phi) is 6.14. The number of thiazole rings is 1. The molecule has 1 aromatic carbocycles. The minimum Gasteiger partial charge on any atom is -0.467 e. The molecule has 5 nitrogen and oxygen atoms in total. The summed E-state index contributed by atoms with van der Waals surface area (Å²) in [6.07, 6.45) is 3.69. The van der Waals surface area contributed by atoms with Crippen molar-refractivity contribution in [1.82, 2.24) is 14.9 Å². The number of unbranched alkanes of at least 4 members (excludes halogenated alkanes) is 1. The van der Waals surface area contributed by atoms with Crippen LogP contribution in [0.1, 0.15) is 41.6 Å². The van der Waals surface area contributed by atoms with E-state index in [-0.39, 0.29) is 5.91 Å². The first kappa shape index (κ1) is 20.2. The second-order valence-electron chi connectivity index (χ2n) is 7.21. The highest BCUT2D eigenvalue weighted by atomic mass is 32.1. The van der Waals surface area contributed by atoms with Gasteiger partial charge >= 0.3 is 0 Å². The lowest BCUT2D eigenvalue weighted by atomic mass is 10.2. The van der Waals surface area contributed by atoms with Gasteiger partial charge in [-0.1, -0.05) is 43.7 Å². The number of carbonyl (C=O) groups excluding carboxylic acids is 1. The lowest BCUT2D eigenvalue weighted by Gasteiger charge is -2.09. The van der Waals surface area contributed by atoms with Crippen LogP contribution in [0.5, 0.6) is 0 Å². The summed E-state index contributed by atoms with van der Waals surface area (Å²) in [6, 6.07) is 15.9. The Hall–Kier alpha value is -3.12. The quantitative estimate of drug-likeness (QED) is 0.370. The molecule has 0 aliphatic rings. The summed E-state index contributed by atoms with van der Waals surface area (Å²) < 4.78 is 7.68. The first-order chi connectivity index (χ1) is 14.7. The molecule has 0 aliphatic heterocycles. The first-order valence-electron chi connectivity index (χ1n) is 10.2. The zero-order valence-electron chi connectivity index (χ0n) is 17.2. The SMILES string of the molecule is CCCCNC(=O)c1cc(-c2csc(-c3ccccc3)n2)n(Cc2ccco2)c1C. The van der Waals surface area contributed by atoms with Crippen LogP contribution in [0.2, 0.25) is 0 Å². The second kappa shape index (κ2) is 9.13. The van der Waals surface area contributed by atoms with Gasteiger partial charge in [0.1, 0.15) is 10.8 Å². The summed E-state index contributed by atoms with van der Waals surface area (Å²) in [5.74, 6) is 0.797. The molecule has 4 rings (SSSR count). The minimum absolute atomic E-state index is 0.0427. The monoisotopic (exact) mass is 419 g/mol.